The molecular weight excluding hydrogens is 325 g/mol. The van der Waals surface area contributed by atoms with Crippen molar-refractivity contribution in [1.29, 1.82) is 0 Å². The zero-order valence-corrected chi connectivity index (χ0v) is 12.8. The molecular formula is C16H17F3N2O3. The van der Waals surface area contributed by atoms with Crippen LogP contribution in [0.5, 0.6) is 0 Å². The molecule has 0 radical (unpaired) electrons. The van der Waals surface area contributed by atoms with E-state index in [1.165, 1.54) is 17.0 Å². The highest BCUT2D eigenvalue weighted by atomic mass is 19.4. The van der Waals surface area contributed by atoms with Gasteiger partial charge in [-0.2, -0.15) is 13.2 Å². The van der Waals surface area contributed by atoms with Crippen molar-refractivity contribution >= 4 is 6.03 Å². The van der Waals surface area contributed by atoms with Crippen molar-refractivity contribution in [3.8, 4) is 11.8 Å². The lowest BCUT2D eigenvalue weighted by Crippen LogP contribution is -2.50. The summed E-state index contributed by atoms with van der Waals surface area (Å²) in [6.45, 7) is 0.998. The summed E-state index contributed by atoms with van der Waals surface area (Å²) in [5, 5.41) is 11.6. The van der Waals surface area contributed by atoms with Crippen molar-refractivity contribution in [2.75, 3.05) is 32.8 Å². The Morgan fingerprint density at radius 2 is 2.08 bits per heavy atom. The zero-order chi connectivity index (χ0) is 17.6. The molecule has 1 saturated heterocycles. The van der Waals surface area contributed by atoms with Crippen LogP contribution in [0, 0.1) is 11.8 Å². The molecule has 1 aromatic rings. The number of urea groups is 1. The molecule has 1 atom stereocenters. The quantitative estimate of drug-likeness (QED) is 0.800. The van der Waals surface area contributed by atoms with E-state index in [2.05, 4.69) is 17.2 Å². The largest absolute Gasteiger partial charge is 0.416 e. The van der Waals surface area contributed by atoms with Crippen molar-refractivity contribution in [3.05, 3.63) is 35.4 Å². The molecule has 1 fully saturated rings. The Hall–Kier alpha value is -2.24. The highest BCUT2D eigenvalue weighted by molar-refractivity contribution is 5.74. The second-order valence-corrected chi connectivity index (χ2v) is 5.16. The fourth-order valence-corrected chi connectivity index (χ4v) is 2.13. The number of carbonyl (C=O) groups excluding carboxylic acids is 1. The van der Waals surface area contributed by atoms with Gasteiger partial charge in [-0.1, -0.05) is 11.8 Å². The van der Waals surface area contributed by atoms with Crippen molar-refractivity contribution in [2.24, 2.45) is 0 Å². The van der Waals surface area contributed by atoms with Crippen molar-refractivity contribution in [2.45, 2.75) is 12.3 Å². The topological polar surface area (TPSA) is 61.8 Å². The molecule has 1 aromatic carbocycles. The number of hydrogen-bond acceptors (Lipinski definition) is 3. The summed E-state index contributed by atoms with van der Waals surface area (Å²) in [6, 6.07) is 4.17. The molecule has 0 saturated carbocycles. The van der Waals surface area contributed by atoms with Crippen LogP contribution in [0.15, 0.2) is 24.3 Å². The van der Waals surface area contributed by atoms with Gasteiger partial charge < -0.3 is 20.1 Å². The number of carbonyl (C=O) groups is 1. The number of nitrogens with zero attached hydrogens (tertiary/aromatic N) is 1. The minimum absolute atomic E-state index is 0.0704. The number of rotatable bonds is 2. The number of benzene rings is 1. The lowest BCUT2D eigenvalue weighted by Gasteiger charge is -2.31. The number of nitrogens with one attached hydrogen (secondary N) is 1. The number of morpholine rings is 1. The van der Waals surface area contributed by atoms with Crippen LogP contribution in [0.4, 0.5) is 18.0 Å². The van der Waals surface area contributed by atoms with Gasteiger partial charge in [0.05, 0.1) is 38.0 Å². The molecule has 130 valence electrons. The summed E-state index contributed by atoms with van der Waals surface area (Å²) in [6.07, 6.45) is -4.76. The van der Waals surface area contributed by atoms with Crippen LogP contribution in [-0.2, 0) is 10.9 Å². The number of aliphatic hydroxyl groups is 1. The van der Waals surface area contributed by atoms with Gasteiger partial charge in [-0.25, -0.2) is 4.79 Å². The van der Waals surface area contributed by atoms with Gasteiger partial charge in [0.15, 0.2) is 0 Å². The van der Waals surface area contributed by atoms with Crippen LogP contribution in [0.3, 0.4) is 0 Å². The van der Waals surface area contributed by atoms with E-state index in [0.29, 0.717) is 25.3 Å². The molecule has 5 nitrogen and oxygen atoms in total. The first-order valence-electron chi connectivity index (χ1n) is 7.31. The van der Waals surface area contributed by atoms with E-state index in [-0.39, 0.29) is 25.3 Å². The molecule has 1 heterocycles. The van der Waals surface area contributed by atoms with Crippen molar-refractivity contribution in [3.63, 3.8) is 0 Å². The van der Waals surface area contributed by atoms with Crippen molar-refractivity contribution < 1.29 is 27.8 Å². The standard InChI is InChI=1S/C16H17F3N2O3/c17-16(18,19)13-5-3-12(4-6-13)2-1-7-20-15(23)21-8-9-24-14(10-21)11-22/h3-6,14,22H,7-11H2,(H,20,23). The van der Waals surface area contributed by atoms with E-state index in [4.69, 9.17) is 9.84 Å². The van der Waals surface area contributed by atoms with Gasteiger partial charge in [0, 0.05) is 12.1 Å². The molecule has 2 rings (SSSR count). The third kappa shape index (κ3) is 5.15. The van der Waals surface area contributed by atoms with E-state index < -0.39 is 11.7 Å². The third-order valence-corrected chi connectivity index (χ3v) is 3.40. The first-order chi connectivity index (χ1) is 11.4. The predicted octanol–water partition coefficient (Wildman–Crippen LogP) is 1.46. The summed E-state index contributed by atoms with van der Waals surface area (Å²) in [5.74, 6) is 5.37. The van der Waals surface area contributed by atoms with Crippen LogP contribution < -0.4 is 5.32 Å². The molecule has 0 aromatic heterocycles. The minimum Gasteiger partial charge on any atom is -0.394 e. The summed E-state index contributed by atoms with van der Waals surface area (Å²) in [7, 11) is 0. The Morgan fingerprint density at radius 1 is 1.38 bits per heavy atom. The summed E-state index contributed by atoms with van der Waals surface area (Å²) < 4.78 is 42.5. The summed E-state index contributed by atoms with van der Waals surface area (Å²) in [5.41, 5.74) is -0.295. The SMILES string of the molecule is O=C(NCC#Cc1ccc(C(F)(F)F)cc1)N1CCOC(CO)C1. The highest BCUT2D eigenvalue weighted by Gasteiger charge is 2.29. The van der Waals surface area contributed by atoms with E-state index in [1.54, 1.807) is 0 Å². The normalized spacial score (nSPS) is 17.8. The first-order valence-corrected chi connectivity index (χ1v) is 7.31. The molecule has 0 aliphatic carbocycles. The highest BCUT2D eigenvalue weighted by Crippen LogP contribution is 2.28. The fraction of sp³-hybridized carbons (Fsp3) is 0.438. The van der Waals surface area contributed by atoms with Gasteiger partial charge in [0.25, 0.3) is 0 Å². The number of aliphatic hydroxyl groups excluding tert-OH is 1. The maximum atomic E-state index is 12.4. The van der Waals surface area contributed by atoms with Crippen LogP contribution in [-0.4, -0.2) is 55.0 Å². The summed E-state index contributed by atoms with van der Waals surface area (Å²) in [4.78, 5) is 13.4. The van der Waals surface area contributed by atoms with Gasteiger partial charge in [0.1, 0.15) is 0 Å². The lowest BCUT2D eigenvalue weighted by atomic mass is 10.1. The molecule has 1 aliphatic rings. The van der Waals surface area contributed by atoms with Crippen LogP contribution >= 0.6 is 0 Å². The Balaban J connectivity index is 1.82. The van der Waals surface area contributed by atoms with Gasteiger partial charge >= 0.3 is 12.2 Å². The number of ether oxygens (including phenoxy) is 1. The number of hydrogen-bond donors (Lipinski definition) is 2. The number of alkyl halides is 3. The summed E-state index contributed by atoms with van der Waals surface area (Å²) >= 11 is 0. The van der Waals surface area contributed by atoms with Crippen molar-refractivity contribution in [1.82, 2.24) is 10.2 Å². The van der Waals surface area contributed by atoms with E-state index in [9.17, 15) is 18.0 Å². The third-order valence-electron chi connectivity index (χ3n) is 3.40. The van der Waals surface area contributed by atoms with Gasteiger partial charge in [0.2, 0.25) is 0 Å². The van der Waals surface area contributed by atoms with Crippen LogP contribution in [0.2, 0.25) is 0 Å². The van der Waals surface area contributed by atoms with Gasteiger partial charge in [-0.05, 0) is 24.3 Å². The van der Waals surface area contributed by atoms with Gasteiger partial charge in [-0.15, -0.1) is 0 Å². The Kier molecular flexibility index (Phi) is 6.06. The number of amides is 2. The molecule has 24 heavy (non-hydrogen) atoms. The van der Waals surface area contributed by atoms with Gasteiger partial charge in [-0.3, -0.25) is 0 Å². The smallest absolute Gasteiger partial charge is 0.394 e. The Bertz CT molecular complexity index is 620. The minimum atomic E-state index is -4.37. The van der Waals surface area contributed by atoms with Crippen LogP contribution in [0.1, 0.15) is 11.1 Å². The first kappa shape index (κ1) is 18.1. The predicted molar refractivity (Wildman–Crippen MR) is 80.1 cm³/mol. The lowest BCUT2D eigenvalue weighted by molar-refractivity contribution is -0.137. The fourth-order valence-electron chi connectivity index (χ4n) is 2.13. The maximum absolute atomic E-state index is 12.4. The monoisotopic (exact) mass is 342 g/mol. The molecule has 1 aliphatic heterocycles. The molecule has 2 N–H and O–H groups in total. The average Bonchev–Trinajstić information content (AvgIpc) is 2.58. The van der Waals surface area contributed by atoms with E-state index in [1.807, 2.05) is 0 Å². The second kappa shape index (κ2) is 8.04. The molecule has 0 bridgehead atoms. The number of halogens is 3. The molecule has 8 heteroatoms. The zero-order valence-electron chi connectivity index (χ0n) is 12.8. The maximum Gasteiger partial charge on any atom is 0.416 e. The average molecular weight is 342 g/mol. The Labute approximate surface area is 137 Å². The van der Waals surface area contributed by atoms with E-state index >= 15 is 0 Å². The molecule has 1 unspecified atom stereocenters. The second-order valence-electron chi connectivity index (χ2n) is 5.16. The van der Waals surface area contributed by atoms with E-state index in [0.717, 1.165) is 12.1 Å². The molecule has 0 spiro atoms. The molecule has 2 amide bonds. The van der Waals surface area contributed by atoms with Crippen LogP contribution in [0.25, 0.3) is 0 Å². The Morgan fingerprint density at radius 3 is 2.71 bits per heavy atom.